The minimum absolute atomic E-state index is 0.341. The molecule has 0 spiro atoms. The number of hydrogen-bond donors (Lipinski definition) is 1. The molecule has 3 heteroatoms. The van der Waals surface area contributed by atoms with Crippen LogP contribution in [0.5, 0.6) is 0 Å². The molecule has 1 aromatic carbocycles. The summed E-state index contributed by atoms with van der Waals surface area (Å²) in [6.07, 6.45) is 2.30. The lowest BCUT2D eigenvalue weighted by atomic mass is 9.79. The lowest BCUT2D eigenvalue weighted by Gasteiger charge is -2.41. The highest BCUT2D eigenvalue weighted by Crippen LogP contribution is 2.32. The van der Waals surface area contributed by atoms with Crippen molar-refractivity contribution in [1.82, 2.24) is 5.32 Å². The van der Waals surface area contributed by atoms with E-state index >= 15 is 0 Å². The molecule has 0 bridgehead atoms. The van der Waals surface area contributed by atoms with Crippen LogP contribution in [0.2, 0.25) is 0 Å². The van der Waals surface area contributed by atoms with Gasteiger partial charge in [-0.15, -0.1) is 0 Å². The first kappa shape index (κ1) is 15.3. The van der Waals surface area contributed by atoms with E-state index in [2.05, 4.69) is 55.4 Å². The largest absolute Gasteiger partial charge is 0.381 e. The van der Waals surface area contributed by atoms with Crippen molar-refractivity contribution >= 4 is 5.69 Å². The van der Waals surface area contributed by atoms with Crippen LogP contribution in [0.15, 0.2) is 24.3 Å². The summed E-state index contributed by atoms with van der Waals surface area (Å²) in [4.78, 5) is 2.50. The quantitative estimate of drug-likeness (QED) is 0.864. The zero-order valence-electron chi connectivity index (χ0n) is 13.1. The first-order valence-corrected chi connectivity index (χ1v) is 7.73. The van der Waals surface area contributed by atoms with Crippen molar-refractivity contribution in [3.05, 3.63) is 29.8 Å². The molecule has 0 aliphatic carbocycles. The molecule has 3 nitrogen and oxygen atoms in total. The fourth-order valence-corrected chi connectivity index (χ4v) is 3.12. The van der Waals surface area contributed by atoms with Crippen LogP contribution in [-0.2, 0) is 4.74 Å². The summed E-state index contributed by atoms with van der Waals surface area (Å²) >= 11 is 0. The van der Waals surface area contributed by atoms with E-state index in [1.807, 2.05) is 0 Å². The predicted molar refractivity (Wildman–Crippen MR) is 85.5 cm³/mol. The molecule has 1 heterocycles. The summed E-state index contributed by atoms with van der Waals surface area (Å²) in [6.45, 7) is 9.40. The van der Waals surface area contributed by atoms with Gasteiger partial charge in [0.05, 0.1) is 0 Å². The van der Waals surface area contributed by atoms with E-state index in [1.165, 1.54) is 11.3 Å². The number of aryl methyl sites for hydroxylation is 1. The van der Waals surface area contributed by atoms with Gasteiger partial charge in [-0.25, -0.2) is 0 Å². The van der Waals surface area contributed by atoms with Crippen molar-refractivity contribution in [3.63, 3.8) is 0 Å². The molecule has 0 radical (unpaired) electrons. The zero-order chi connectivity index (χ0) is 14.4. The highest BCUT2D eigenvalue weighted by Gasteiger charge is 2.33. The second-order valence-corrected chi connectivity index (χ2v) is 5.99. The molecular weight excluding hydrogens is 248 g/mol. The Morgan fingerprint density at radius 2 is 1.85 bits per heavy atom. The maximum absolute atomic E-state index is 5.56. The van der Waals surface area contributed by atoms with Crippen LogP contribution >= 0.6 is 0 Å². The maximum atomic E-state index is 5.56. The van der Waals surface area contributed by atoms with Gasteiger partial charge in [0, 0.05) is 44.0 Å². The van der Waals surface area contributed by atoms with Crippen molar-refractivity contribution in [2.24, 2.45) is 5.41 Å². The van der Waals surface area contributed by atoms with Crippen LogP contribution in [0.3, 0.4) is 0 Å². The standard InChI is InChI=1S/C17H28N2O/c1-4-19(16-7-5-15(2)6-8-16)14-17(13-18-3)9-11-20-12-10-17/h5-8,18H,4,9-14H2,1-3H3. The SMILES string of the molecule is CCN(CC1(CNC)CCOCC1)c1ccc(C)cc1. The Bertz CT molecular complexity index is 390. The van der Waals surface area contributed by atoms with Crippen LogP contribution in [0, 0.1) is 12.3 Å². The third kappa shape index (κ3) is 3.74. The van der Waals surface area contributed by atoms with Gasteiger partial charge in [0.1, 0.15) is 0 Å². The smallest absolute Gasteiger partial charge is 0.0472 e. The molecule has 0 atom stereocenters. The van der Waals surface area contributed by atoms with Crippen LogP contribution in [0.1, 0.15) is 25.3 Å². The Labute approximate surface area is 123 Å². The molecular formula is C17H28N2O. The monoisotopic (exact) mass is 276 g/mol. The van der Waals surface area contributed by atoms with Crippen LogP contribution in [-0.4, -0.2) is 39.9 Å². The van der Waals surface area contributed by atoms with E-state index < -0.39 is 0 Å². The first-order chi connectivity index (χ1) is 9.69. The van der Waals surface area contributed by atoms with Gasteiger partial charge in [0.2, 0.25) is 0 Å². The summed E-state index contributed by atoms with van der Waals surface area (Å²) in [5.74, 6) is 0. The molecule has 0 aromatic heterocycles. The Morgan fingerprint density at radius 1 is 1.20 bits per heavy atom. The van der Waals surface area contributed by atoms with Gasteiger partial charge in [-0.2, -0.15) is 0 Å². The summed E-state index contributed by atoms with van der Waals surface area (Å²) in [6, 6.07) is 8.88. The summed E-state index contributed by atoms with van der Waals surface area (Å²) in [5.41, 5.74) is 2.99. The average molecular weight is 276 g/mol. The average Bonchev–Trinajstić information content (AvgIpc) is 2.47. The molecule has 0 amide bonds. The van der Waals surface area contributed by atoms with Gasteiger partial charge in [-0.3, -0.25) is 0 Å². The van der Waals surface area contributed by atoms with Gasteiger partial charge < -0.3 is 15.0 Å². The highest BCUT2D eigenvalue weighted by atomic mass is 16.5. The number of nitrogens with one attached hydrogen (secondary N) is 1. The van der Waals surface area contributed by atoms with E-state index in [0.717, 1.165) is 45.7 Å². The third-order valence-electron chi connectivity index (χ3n) is 4.41. The molecule has 1 aromatic rings. The van der Waals surface area contributed by atoms with E-state index in [4.69, 9.17) is 4.74 Å². The third-order valence-corrected chi connectivity index (χ3v) is 4.41. The second-order valence-electron chi connectivity index (χ2n) is 5.99. The Morgan fingerprint density at radius 3 is 2.40 bits per heavy atom. The predicted octanol–water partition coefficient (Wildman–Crippen LogP) is 2.84. The van der Waals surface area contributed by atoms with Crippen molar-refractivity contribution in [2.75, 3.05) is 44.8 Å². The van der Waals surface area contributed by atoms with Crippen molar-refractivity contribution < 1.29 is 4.74 Å². The molecule has 1 aliphatic rings. The van der Waals surface area contributed by atoms with Gasteiger partial charge in [-0.05, 0) is 45.9 Å². The lowest BCUT2D eigenvalue weighted by molar-refractivity contribution is 0.0193. The number of hydrogen-bond acceptors (Lipinski definition) is 3. The van der Waals surface area contributed by atoms with Crippen LogP contribution < -0.4 is 10.2 Å². The Balaban J connectivity index is 2.12. The number of benzene rings is 1. The van der Waals surface area contributed by atoms with Crippen LogP contribution in [0.25, 0.3) is 0 Å². The Hall–Kier alpha value is -1.06. The summed E-state index contributed by atoms with van der Waals surface area (Å²) in [7, 11) is 2.05. The van der Waals surface area contributed by atoms with E-state index in [9.17, 15) is 0 Å². The zero-order valence-corrected chi connectivity index (χ0v) is 13.1. The number of nitrogens with zero attached hydrogens (tertiary/aromatic N) is 1. The maximum Gasteiger partial charge on any atom is 0.0472 e. The highest BCUT2D eigenvalue weighted by molar-refractivity contribution is 5.47. The van der Waals surface area contributed by atoms with Gasteiger partial charge in [-0.1, -0.05) is 17.7 Å². The fraction of sp³-hybridized carbons (Fsp3) is 0.647. The summed E-state index contributed by atoms with van der Waals surface area (Å²) in [5, 5.41) is 3.39. The second kappa shape index (κ2) is 7.09. The molecule has 1 saturated heterocycles. The minimum atomic E-state index is 0.341. The molecule has 1 fully saturated rings. The molecule has 1 aliphatic heterocycles. The van der Waals surface area contributed by atoms with E-state index in [1.54, 1.807) is 0 Å². The molecule has 2 rings (SSSR count). The Kier molecular flexibility index (Phi) is 5.44. The van der Waals surface area contributed by atoms with Crippen molar-refractivity contribution in [1.29, 1.82) is 0 Å². The number of ether oxygens (including phenoxy) is 1. The first-order valence-electron chi connectivity index (χ1n) is 7.73. The van der Waals surface area contributed by atoms with Gasteiger partial charge in [0.25, 0.3) is 0 Å². The van der Waals surface area contributed by atoms with E-state index in [0.29, 0.717) is 5.41 Å². The normalized spacial score (nSPS) is 17.9. The topological polar surface area (TPSA) is 24.5 Å². The van der Waals surface area contributed by atoms with Crippen LogP contribution in [0.4, 0.5) is 5.69 Å². The van der Waals surface area contributed by atoms with Gasteiger partial charge in [0.15, 0.2) is 0 Å². The fourth-order valence-electron chi connectivity index (χ4n) is 3.12. The minimum Gasteiger partial charge on any atom is -0.381 e. The van der Waals surface area contributed by atoms with E-state index in [-0.39, 0.29) is 0 Å². The van der Waals surface area contributed by atoms with Crippen molar-refractivity contribution in [3.8, 4) is 0 Å². The molecule has 20 heavy (non-hydrogen) atoms. The molecule has 0 saturated carbocycles. The van der Waals surface area contributed by atoms with Gasteiger partial charge >= 0.3 is 0 Å². The lowest BCUT2D eigenvalue weighted by Crippen LogP contribution is -2.47. The molecule has 0 unspecified atom stereocenters. The molecule has 1 N–H and O–H groups in total. The summed E-state index contributed by atoms with van der Waals surface area (Å²) < 4.78 is 5.56. The van der Waals surface area contributed by atoms with Crippen molar-refractivity contribution in [2.45, 2.75) is 26.7 Å². The number of anilines is 1. The molecule has 112 valence electrons. The number of rotatable bonds is 6.